The minimum absolute atomic E-state index is 0.379. The maximum absolute atomic E-state index is 11.0. The van der Waals surface area contributed by atoms with Crippen LogP contribution in [-0.4, -0.2) is 11.7 Å². The third-order valence-corrected chi connectivity index (χ3v) is 5.10. The molecule has 2 aromatic carbocycles. The van der Waals surface area contributed by atoms with Gasteiger partial charge in [-0.15, -0.1) is 0 Å². The van der Waals surface area contributed by atoms with E-state index < -0.39 is 11.5 Å². The van der Waals surface area contributed by atoms with E-state index in [2.05, 4.69) is 12.1 Å². The van der Waals surface area contributed by atoms with Crippen molar-refractivity contribution in [1.82, 2.24) is 0 Å². The third kappa shape index (κ3) is 2.36. The molecule has 2 unspecified atom stereocenters. The molecular weight excluding hydrogens is 305 g/mol. The van der Waals surface area contributed by atoms with Gasteiger partial charge in [0, 0.05) is 27.6 Å². The van der Waals surface area contributed by atoms with Crippen molar-refractivity contribution in [2.75, 3.05) is 6.54 Å². The number of fused-ring (bicyclic) bond motifs is 1. The van der Waals surface area contributed by atoms with Crippen LogP contribution in [0.5, 0.6) is 0 Å². The van der Waals surface area contributed by atoms with Crippen molar-refractivity contribution in [2.45, 2.75) is 24.4 Å². The van der Waals surface area contributed by atoms with Crippen LogP contribution < -0.4 is 5.73 Å². The van der Waals surface area contributed by atoms with Gasteiger partial charge in [0.25, 0.3) is 0 Å². The smallest absolute Gasteiger partial charge is 0.0913 e. The van der Waals surface area contributed by atoms with Gasteiger partial charge in [-0.2, -0.15) is 0 Å². The second kappa shape index (κ2) is 5.62. The Hall–Kier alpha value is -1.06. The van der Waals surface area contributed by atoms with Crippen LogP contribution in [0.3, 0.4) is 0 Å². The summed E-state index contributed by atoms with van der Waals surface area (Å²) in [4.78, 5) is 0. The molecule has 0 aliphatic heterocycles. The number of hydrogen-bond donors (Lipinski definition) is 2. The largest absolute Gasteiger partial charge is 0.387 e. The first-order chi connectivity index (χ1) is 10.1. The SMILES string of the molecule is NCC1(C(O)c2ccc(Cl)cc2Cl)CCc2ccccc21. The molecule has 3 N–H and O–H groups in total. The van der Waals surface area contributed by atoms with Crippen LogP contribution in [0.4, 0.5) is 0 Å². The topological polar surface area (TPSA) is 46.2 Å². The van der Waals surface area contributed by atoms with E-state index in [1.165, 1.54) is 5.56 Å². The van der Waals surface area contributed by atoms with E-state index in [1.54, 1.807) is 18.2 Å². The summed E-state index contributed by atoms with van der Waals surface area (Å²) in [5.41, 5.74) is 8.67. The van der Waals surface area contributed by atoms with E-state index in [0.717, 1.165) is 18.4 Å². The lowest BCUT2D eigenvalue weighted by molar-refractivity contribution is 0.0841. The van der Waals surface area contributed by atoms with Crippen molar-refractivity contribution < 1.29 is 5.11 Å². The summed E-state index contributed by atoms with van der Waals surface area (Å²) in [5.74, 6) is 0. The fourth-order valence-electron chi connectivity index (χ4n) is 3.35. The highest BCUT2D eigenvalue weighted by Crippen LogP contribution is 2.48. The molecule has 0 saturated heterocycles. The fourth-order valence-corrected chi connectivity index (χ4v) is 3.86. The van der Waals surface area contributed by atoms with Crippen molar-refractivity contribution in [1.29, 1.82) is 0 Å². The van der Waals surface area contributed by atoms with E-state index in [4.69, 9.17) is 28.9 Å². The first-order valence-electron chi connectivity index (χ1n) is 7.00. The zero-order chi connectivity index (χ0) is 15.0. The molecule has 3 rings (SSSR count). The second-order valence-corrected chi connectivity index (χ2v) is 6.43. The van der Waals surface area contributed by atoms with Gasteiger partial charge < -0.3 is 10.8 Å². The van der Waals surface area contributed by atoms with Gasteiger partial charge in [0.05, 0.1) is 6.10 Å². The van der Waals surface area contributed by atoms with Crippen molar-refractivity contribution in [3.8, 4) is 0 Å². The minimum atomic E-state index is -0.740. The maximum Gasteiger partial charge on any atom is 0.0913 e. The van der Waals surface area contributed by atoms with Crippen LogP contribution in [0, 0.1) is 0 Å². The molecule has 0 bridgehead atoms. The Morgan fingerprint density at radius 2 is 1.95 bits per heavy atom. The average molecular weight is 322 g/mol. The first-order valence-corrected chi connectivity index (χ1v) is 7.75. The Kier molecular flexibility index (Phi) is 3.98. The minimum Gasteiger partial charge on any atom is -0.387 e. The van der Waals surface area contributed by atoms with Gasteiger partial charge in [-0.1, -0.05) is 53.5 Å². The van der Waals surface area contributed by atoms with Crippen LogP contribution in [0.25, 0.3) is 0 Å². The molecule has 0 amide bonds. The highest BCUT2D eigenvalue weighted by molar-refractivity contribution is 6.35. The highest BCUT2D eigenvalue weighted by Gasteiger charge is 2.44. The van der Waals surface area contributed by atoms with E-state index in [9.17, 15) is 5.11 Å². The molecule has 2 nitrogen and oxygen atoms in total. The number of aliphatic hydroxyl groups excluding tert-OH is 1. The van der Waals surface area contributed by atoms with E-state index in [-0.39, 0.29) is 0 Å². The molecule has 4 heteroatoms. The molecule has 0 aromatic heterocycles. The molecular formula is C17H17Cl2NO. The molecule has 0 radical (unpaired) electrons. The Bertz CT molecular complexity index is 674. The maximum atomic E-state index is 11.0. The number of aliphatic hydroxyl groups is 1. The van der Waals surface area contributed by atoms with Crippen LogP contribution in [0.15, 0.2) is 42.5 Å². The Morgan fingerprint density at radius 1 is 1.19 bits per heavy atom. The Balaban J connectivity index is 2.09. The van der Waals surface area contributed by atoms with Crippen LogP contribution >= 0.6 is 23.2 Å². The standard InChI is InChI=1S/C17H17Cl2NO/c18-12-5-6-13(15(19)9-12)16(21)17(10-20)8-7-11-3-1-2-4-14(11)17/h1-6,9,16,21H,7-8,10,20H2. The number of nitrogens with two attached hydrogens (primary N) is 1. The summed E-state index contributed by atoms with van der Waals surface area (Å²) >= 11 is 12.2. The molecule has 0 spiro atoms. The quantitative estimate of drug-likeness (QED) is 0.901. The molecule has 1 aliphatic carbocycles. The van der Waals surface area contributed by atoms with Gasteiger partial charge in [-0.25, -0.2) is 0 Å². The lowest BCUT2D eigenvalue weighted by Gasteiger charge is -2.35. The number of benzene rings is 2. The normalized spacial score (nSPS) is 22.1. The van der Waals surface area contributed by atoms with Crippen LogP contribution in [-0.2, 0) is 11.8 Å². The highest BCUT2D eigenvalue weighted by atomic mass is 35.5. The summed E-state index contributed by atoms with van der Waals surface area (Å²) < 4.78 is 0. The third-order valence-electron chi connectivity index (χ3n) is 4.54. The van der Waals surface area contributed by atoms with Crippen molar-refractivity contribution in [3.05, 3.63) is 69.2 Å². The first kappa shape index (κ1) is 14.9. The predicted octanol–water partition coefficient (Wildman–Crippen LogP) is 3.87. The molecule has 2 atom stereocenters. The summed E-state index contributed by atoms with van der Waals surface area (Å²) in [6.07, 6.45) is 1.01. The van der Waals surface area contributed by atoms with Gasteiger partial charge in [0.15, 0.2) is 0 Å². The zero-order valence-electron chi connectivity index (χ0n) is 11.5. The number of hydrogen-bond acceptors (Lipinski definition) is 2. The second-order valence-electron chi connectivity index (χ2n) is 5.59. The summed E-state index contributed by atoms with van der Waals surface area (Å²) in [6, 6.07) is 13.4. The van der Waals surface area contributed by atoms with Gasteiger partial charge in [0.1, 0.15) is 0 Å². The molecule has 2 aromatic rings. The predicted molar refractivity (Wildman–Crippen MR) is 86.9 cm³/mol. The van der Waals surface area contributed by atoms with Gasteiger partial charge in [-0.3, -0.25) is 0 Å². The van der Waals surface area contributed by atoms with E-state index in [0.29, 0.717) is 22.2 Å². The molecule has 1 aliphatic rings. The number of halogens is 2. The molecule has 110 valence electrons. The van der Waals surface area contributed by atoms with Gasteiger partial charge in [0.2, 0.25) is 0 Å². The van der Waals surface area contributed by atoms with Crippen molar-refractivity contribution in [2.24, 2.45) is 5.73 Å². The zero-order valence-corrected chi connectivity index (χ0v) is 13.0. The summed E-state index contributed by atoms with van der Waals surface area (Å²) in [5, 5.41) is 12.0. The van der Waals surface area contributed by atoms with E-state index in [1.807, 2.05) is 12.1 Å². The number of aryl methyl sites for hydroxylation is 1. The van der Waals surface area contributed by atoms with Gasteiger partial charge >= 0.3 is 0 Å². The van der Waals surface area contributed by atoms with E-state index >= 15 is 0 Å². The van der Waals surface area contributed by atoms with Crippen LogP contribution in [0.2, 0.25) is 10.0 Å². The molecule has 0 saturated carbocycles. The summed E-state index contributed by atoms with van der Waals surface area (Å²) in [6.45, 7) is 0.379. The average Bonchev–Trinajstić information content (AvgIpc) is 2.87. The number of rotatable bonds is 3. The fraction of sp³-hybridized carbons (Fsp3) is 0.294. The van der Waals surface area contributed by atoms with Crippen molar-refractivity contribution in [3.63, 3.8) is 0 Å². The van der Waals surface area contributed by atoms with Crippen molar-refractivity contribution >= 4 is 23.2 Å². The Morgan fingerprint density at radius 3 is 2.67 bits per heavy atom. The van der Waals surface area contributed by atoms with Crippen LogP contribution in [0.1, 0.15) is 29.2 Å². The lowest BCUT2D eigenvalue weighted by atomic mass is 9.74. The Labute approximate surface area is 134 Å². The molecule has 21 heavy (non-hydrogen) atoms. The van der Waals surface area contributed by atoms with Gasteiger partial charge in [-0.05, 0) is 36.1 Å². The monoisotopic (exact) mass is 321 g/mol. The lowest BCUT2D eigenvalue weighted by Crippen LogP contribution is -2.39. The molecule has 0 heterocycles. The molecule has 0 fully saturated rings. The summed E-state index contributed by atoms with van der Waals surface area (Å²) in [7, 11) is 0.